The minimum Gasteiger partial charge on any atom is -0.497 e. The lowest BCUT2D eigenvalue weighted by atomic mass is 10.1. The molecule has 1 amide bonds. The molecule has 0 aliphatic carbocycles. The zero-order chi connectivity index (χ0) is 15.4. The molecule has 1 aromatic carbocycles. The number of methoxy groups -OCH3 is 1. The van der Waals surface area contributed by atoms with E-state index in [2.05, 4.69) is 26.3 Å². The highest BCUT2D eigenvalue weighted by molar-refractivity contribution is 9.10. The van der Waals surface area contributed by atoms with Crippen LogP contribution >= 0.6 is 15.9 Å². The van der Waals surface area contributed by atoms with Crippen molar-refractivity contribution in [1.82, 2.24) is 15.1 Å². The summed E-state index contributed by atoms with van der Waals surface area (Å²) in [6.45, 7) is 4.63. The highest BCUT2D eigenvalue weighted by Gasteiger charge is 2.17. The van der Waals surface area contributed by atoms with E-state index in [0.717, 1.165) is 17.9 Å². The first-order chi connectivity index (χ1) is 10.0. The van der Waals surface area contributed by atoms with E-state index >= 15 is 0 Å². The van der Waals surface area contributed by atoms with Crippen LogP contribution in [0.25, 0.3) is 0 Å². The molecule has 112 valence electrons. The number of benzene rings is 1. The van der Waals surface area contributed by atoms with Gasteiger partial charge in [0.25, 0.3) is 5.91 Å². The second kappa shape index (κ2) is 6.76. The largest absolute Gasteiger partial charge is 0.497 e. The summed E-state index contributed by atoms with van der Waals surface area (Å²) in [5.74, 6) is 0.596. The van der Waals surface area contributed by atoms with Crippen molar-refractivity contribution in [3.63, 3.8) is 0 Å². The van der Waals surface area contributed by atoms with Crippen molar-refractivity contribution in [3.8, 4) is 5.75 Å². The minimum absolute atomic E-state index is 0.109. The second-order valence-corrected chi connectivity index (χ2v) is 5.50. The van der Waals surface area contributed by atoms with Crippen LogP contribution in [0.5, 0.6) is 5.75 Å². The molecule has 1 heterocycles. The number of hydrogen-bond acceptors (Lipinski definition) is 3. The highest BCUT2D eigenvalue weighted by Crippen LogP contribution is 2.19. The summed E-state index contributed by atoms with van der Waals surface area (Å²) >= 11 is 3.36. The molecular weight excluding hydrogens is 334 g/mol. The molecule has 21 heavy (non-hydrogen) atoms. The van der Waals surface area contributed by atoms with Crippen molar-refractivity contribution < 1.29 is 9.53 Å². The molecule has 0 bridgehead atoms. The van der Waals surface area contributed by atoms with E-state index < -0.39 is 0 Å². The maximum absolute atomic E-state index is 12.3. The van der Waals surface area contributed by atoms with Gasteiger partial charge in [-0.15, -0.1) is 0 Å². The third-order valence-electron chi connectivity index (χ3n) is 3.22. The number of aryl methyl sites for hydroxylation is 1. The van der Waals surface area contributed by atoms with Gasteiger partial charge in [0.05, 0.1) is 17.6 Å². The smallest absolute Gasteiger partial charge is 0.273 e. The normalized spacial score (nSPS) is 12.0. The Kier molecular flexibility index (Phi) is 5.01. The number of nitrogens with one attached hydrogen (secondary N) is 1. The molecule has 0 spiro atoms. The Balaban J connectivity index is 2.08. The van der Waals surface area contributed by atoms with E-state index in [1.807, 2.05) is 38.1 Å². The van der Waals surface area contributed by atoms with E-state index in [1.165, 1.54) is 0 Å². The van der Waals surface area contributed by atoms with Gasteiger partial charge in [0.1, 0.15) is 5.75 Å². The number of amides is 1. The number of aromatic nitrogens is 2. The molecule has 2 rings (SSSR count). The first-order valence-electron chi connectivity index (χ1n) is 6.73. The Hall–Kier alpha value is -1.82. The Morgan fingerprint density at radius 1 is 1.43 bits per heavy atom. The lowest BCUT2D eigenvalue weighted by Gasteiger charge is -2.14. The molecular formula is C15H18BrN3O2. The van der Waals surface area contributed by atoms with E-state index in [4.69, 9.17) is 4.74 Å². The summed E-state index contributed by atoms with van der Waals surface area (Å²) in [5.41, 5.74) is 1.41. The second-order valence-electron chi connectivity index (χ2n) is 4.65. The predicted molar refractivity (Wildman–Crippen MR) is 84.5 cm³/mol. The van der Waals surface area contributed by atoms with Gasteiger partial charge in [-0.2, -0.15) is 5.10 Å². The van der Waals surface area contributed by atoms with Crippen molar-refractivity contribution in [2.24, 2.45) is 0 Å². The molecule has 0 saturated carbocycles. The van der Waals surface area contributed by atoms with Gasteiger partial charge in [0, 0.05) is 12.7 Å². The SMILES string of the molecule is CCn1cc(Br)c(C(=O)NC(C)c2ccc(OC)cc2)n1. The van der Waals surface area contributed by atoms with Crippen LogP contribution in [-0.4, -0.2) is 22.8 Å². The van der Waals surface area contributed by atoms with Crippen LogP contribution in [0.15, 0.2) is 34.9 Å². The van der Waals surface area contributed by atoms with Crippen LogP contribution in [0.1, 0.15) is 35.9 Å². The van der Waals surface area contributed by atoms with E-state index in [-0.39, 0.29) is 11.9 Å². The summed E-state index contributed by atoms with van der Waals surface area (Å²) in [4.78, 5) is 12.3. The van der Waals surface area contributed by atoms with Gasteiger partial charge in [0.15, 0.2) is 5.69 Å². The number of rotatable bonds is 5. The van der Waals surface area contributed by atoms with E-state index in [9.17, 15) is 4.79 Å². The zero-order valence-electron chi connectivity index (χ0n) is 12.3. The molecule has 1 N–H and O–H groups in total. The Bertz CT molecular complexity index is 622. The van der Waals surface area contributed by atoms with Crippen LogP contribution in [-0.2, 0) is 6.54 Å². The zero-order valence-corrected chi connectivity index (χ0v) is 13.8. The molecule has 0 radical (unpaired) electrons. The molecule has 6 heteroatoms. The first-order valence-corrected chi connectivity index (χ1v) is 7.52. The first kappa shape index (κ1) is 15.6. The van der Waals surface area contributed by atoms with E-state index in [1.54, 1.807) is 18.0 Å². The third-order valence-corrected chi connectivity index (χ3v) is 3.80. The number of ether oxygens (including phenoxy) is 1. The molecule has 0 aliphatic heterocycles. The van der Waals surface area contributed by atoms with Crippen molar-refractivity contribution in [2.75, 3.05) is 7.11 Å². The van der Waals surface area contributed by atoms with Crippen molar-refractivity contribution in [3.05, 3.63) is 46.2 Å². The fourth-order valence-corrected chi connectivity index (χ4v) is 2.45. The fraction of sp³-hybridized carbons (Fsp3) is 0.333. The minimum atomic E-state index is -0.197. The molecule has 1 atom stereocenters. The Morgan fingerprint density at radius 2 is 2.10 bits per heavy atom. The van der Waals surface area contributed by atoms with Crippen LogP contribution < -0.4 is 10.1 Å². The van der Waals surface area contributed by atoms with Gasteiger partial charge in [-0.3, -0.25) is 9.48 Å². The summed E-state index contributed by atoms with van der Waals surface area (Å²) in [5, 5.41) is 7.18. The monoisotopic (exact) mass is 351 g/mol. The number of nitrogens with zero attached hydrogens (tertiary/aromatic N) is 2. The fourth-order valence-electron chi connectivity index (χ4n) is 1.95. The van der Waals surface area contributed by atoms with Gasteiger partial charge in [-0.05, 0) is 47.5 Å². The van der Waals surface area contributed by atoms with Gasteiger partial charge in [0.2, 0.25) is 0 Å². The average molecular weight is 352 g/mol. The highest BCUT2D eigenvalue weighted by atomic mass is 79.9. The lowest BCUT2D eigenvalue weighted by Crippen LogP contribution is -2.27. The van der Waals surface area contributed by atoms with Crippen LogP contribution in [0, 0.1) is 0 Å². The van der Waals surface area contributed by atoms with Crippen molar-refractivity contribution >= 4 is 21.8 Å². The summed E-state index contributed by atoms with van der Waals surface area (Å²) in [7, 11) is 1.63. The van der Waals surface area contributed by atoms with E-state index in [0.29, 0.717) is 10.2 Å². The van der Waals surface area contributed by atoms with Crippen LogP contribution in [0.3, 0.4) is 0 Å². The van der Waals surface area contributed by atoms with Crippen LogP contribution in [0.2, 0.25) is 0 Å². The molecule has 0 saturated heterocycles. The molecule has 0 fully saturated rings. The quantitative estimate of drug-likeness (QED) is 0.899. The van der Waals surface area contributed by atoms with Gasteiger partial charge in [-0.1, -0.05) is 12.1 Å². The molecule has 0 aliphatic rings. The van der Waals surface area contributed by atoms with Gasteiger partial charge in [-0.25, -0.2) is 0 Å². The molecule has 1 aromatic heterocycles. The standard InChI is InChI=1S/C15H18BrN3O2/c1-4-19-9-13(16)14(18-19)15(20)17-10(2)11-5-7-12(21-3)8-6-11/h5-10H,4H2,1-3H3,(H,17,20). The summed E-state index contributed by atoms with van der Waals surface area (Å²) in [6.07, 6.45) is 1.80. The molecule has 1 unspecified atom stereocenters. The topological polar surface area (TPSA) is 56.2 Å². The number of carbonyl (C=O) groups excluding carboxylic acids is 1. The molecule has 5 nitrogen and oxygen atoms in total. The Morgan fingerprint density at radius 3 is 2.62 bits per heavy atom. The van der Waals surface area contributed by atoms with Crippen LogP contribution in [0.4, 0.5) is 0 Å². The third kappa shape index (κ3) is 3.64. The summed E-state index contributed by atoms with van der Waals surface area (Å²) in [6, 6.07) is 7.51. The average Bonchev–Trinajstić information content (AvgIpc) is 2.88. The van der Waals surface area contributed by atoms with Gasteiger partial charge >= 0.3 is 0 Å². The van der Waals surface area contributed by atoms with Gasteiger partial charge < -0.3 is 10.1 Å². The van der Waals surface area contributed by atoms with Crippen molar-refractivity contribution in [2.45, 2.75) is 26.4 Å². The lowest BCUT2D eigenvalue weighted by molar-refractivity contribution is 0.0933. The molecule has 2 aromatic rings. The predicted octanol–water partition coefficient (Wildman–Crippen LogP) is 3.17. The number of hydrogen-bond donors (Lipinski definition) is 1. The Labute approximate surface area is 132 Å². The summed E-state index contributed by atoms with van der Waals surface area (Å²) < 4.78 is 7.54. The van der Waals surface area contributed by atoms with Crippen molar-refractivity contribution in [1.29, 1.82) is 0 Å². The maximum Gasteiger partial charge on any atom is 0.273 e. The maximum atomic E-state index is 12.3. The number of halogens is 1. The number of carbonyl (C=O) groups is 1.